The Morgan fingerprint density at radius 2 is 0.989 bits per heavy atom. The van der Waals surface area contributed by atoms with Crippen LogP contribution in [0.5, 0.6) is 0 Å². The number of rotatable bonds is 18. The first-order valence-electron chi connectivity index (χ1n) is 33.6. The number of imidazole rings is 2. The largest absolute Gasteiger partial charge is 0.423 e. The van der Waals surface area contributed by atoms with E-state index in [1.54, 1.807) is 12.1 Å². The van der Waals surface area contributed by atoms with Gasteiger partial charge in [0, 0.05) is 104 Å². The number of hydrogen-bond donors (Lipinski definition) is 4. The fraction of sp³-hybridized carbons (Fsp3) is 0.392. The number of ether oxygens (including phenoxy) is 3. The van der Waals surface area contributed by atoms with Gasteiger partial charge in [0.15, 0.2) is 0 Å². The lowest BCUT2D eigenvalue weighted by molar-refractivity contribution is -0.282. The summed E-state index contributed by atoms with van der Waals surface area (Å²) in [5, 5.41) is 17.0. The number of pyridine rings is 2. The molecule has 11 aromatic rings. The predicted octanol–water partition coefficient (Wildman–Crippen LogP) is 13.2. The number of carbonyl (C=O) groups excluding carboxylic acids is 3. The highest BCUT2D eigenvalue weighted by Crippen LogP contribution is 2.48. The Morgan fingerprint density at radius 1 is 0.547 bits per heavy atom. The average Bonchev–Trinajstić information content (AvgIpc) is 1.65. The molecule has 4 saturated carbocycles. The van der Waals surface area contributed by atoms with Crippen molar-refractivity contribution >= 4 is 61.6 Å². The van der Waals surface area contributed by atoms with Gasteiger partial charge in [0.2, 0.25) is 12.3 Å². The van der Waals surface area contributed by atoms with Gasteiger partial charge in [0.1, 0.15) is 11.6 Å². The molecule has 7 heterocycles. The van der Waals surface area contributed by atoms with Crippen LogP contribution in [-0.2, 0) is 53.5 Å². The molecule has 0 bridgehead atoms. The maximum Gasteiger partial charge on any atom is 0.271 e. The Labute approximate surface area is 552 Å². The number of amides is 3. The molecule has 0 saturated heterocycles. The molecule has 0 aliphatic heterocycles. The topological polar surface area (TPSA) is 251 Å². The third-order valence-corrected chi connectivity index (χ3v) is 20.0. The molecule has 4 aliphatic carbocycles. The number of benzene rings is 4. The highest BCUT2D eigenvalue weighted by molar-refractivity contribution is 6.03. The molecular formula is C74H84N14O7. The van der Waals surface area contributed by atoms with E-state index in [1.165, 1.54) is 79.7 Å². The number of carbonyl (C=O) groups is 3. The Hall–Kier alpha value is -9.41. The smallest absolute Gasteiger partial charge is 0.271 e. The molecule has 4 aromatic carbocycles. The van der Waals surface area contributed by atoms with Crippen LogP contribution in [0.1, 0.15) is 176 Å². The monoisotopic (exact) mass is 1280 g/mol. The van der Waals surface area contributed by atoms with Crippen molar-refractivity contribution < 1.29 is 33.0 Å². The number of fused-ring (bicyclic) bond motifs is 4. The van der Waals surface area contributed by atoms with Crippen LogP contribution in [0.4, 0.5) is 0 Å². The van der Waals surface area contributed by atoms with Crippen molar-refractivity contribution in [1.82, 2.24) is 64.5 Å². The second kappa shape index (κ2) is 27.5. The van der Waals surface area contributed by atoms with Gasteiger partial charge in [-0.3, -0.25) is 29.8 Å². The van der Waals surface area contributed by atoms with Gasteiger partial charge in [-0.25, -0.2) is 15.8 Å². The number of hydrazine groups is 1. The summed E-state index contributed by atoms with van der Waals surface area (Å²) in [6.07, 6.45) is 20.1. The molecule has 4 fully saturated rings. The SMILES string of the molecule is CCOC(OCC)OCC.Cn1c(C2(NC(=O)c3ccc4c(C5CCCC5)c(-c5ccccn5)n(C)c4c3)CCC2)nc2ccc(-c3nnco3)cc21.Cn1c(C2(NC(=O)c3ccc4c(C5CCCC5)c(-c5ccccn5)n(C)c4c3)CCC2)nc2ccc(C(=O)NN)cc21. The van der Waals surface area contributed by atoms with Crippen LogP contribution in [0.2, 0.25) is 0 Å². The molecule has 21 heteroatoms. The number of nitrogens with two attached hydrogens (primary N) is 1. The summed E-state index contributed by atoms with van der Waals surface area (Å²) < 4.78 is 29.1. The molecule has 3 amide bonds. The van der Waals surface area contributed by atoms with E-state index in [0.29, 0.717) is 54.2 Å². The van der Waals surface area contributed by atoms with Gasteiger partial charge in [-0.05, 0) is 193 Å². The van der Waals surface area contributed by atoms with E-state index in [2.05, 4.69) is 78.3 Å². The number of nitrogen functional groups attached to an aromatic ring is 1. The van der Waals surface area contributed by atoms with Crippen LogP contribution in [0.3, 0.4) is 0 Å². The van der Waals surface area contributed by atoms with Crippen LogP contribution >= 0.6 is 0 Å². The molecule has 0 spiro atoms. The minimum Gasteiger partial charge on any atom is -0.423 e. The van der Waals surface area contributed by atoms with E-state index < -0.39 is 17.6 Å². The van der Waals surface area contributed by atoms with Crippen molar-refractivity contribution in [2.45, 2.75) is 140 Å². The highest BCUT2D eigenvalue weighted by atomic mass is 16.8. The van der Waals surface area contributed by atoms with E-state index in [-0.39, 0.29) is 17.7 Å². The van der Waals surface area contributed by atoms with Crippen LogP contribution in [0, 0.1) is 0 Å². The van der Waals surface area contributed by atoms with Crippen molar-refractivity contribution in [3.8, 4) is 34.2 Å². The quantitative estimate of drug-likeness (QED) is 0.0270. The van der Waals surface area contributed by atoms with Gasteiger partial charge in [0.25, 0.3) is 24.2 Å². The number of nitrogens with zero attached hydrogens (tertiary/aromatic N) is 10. The van der Waals surface area contributed by atoms with Gasteiger partial charge in [-0.1, -0.05) is 49.9 Å². The summed E-state index contributed by atoms with van der Waals surface area (Å²) in [5.74, 6) is 7.93. The molecule has 0 atom stereocenters. The van der Waals surface area contributed by atoms with Crippen molar-refractivity contribution in [3.63, 3.8) is 0 Å². The molecule has 492 valence electrons. The first-order valence-corrected chi connectivity index (χ1v) is 33.6. The first-order chi connectivity index (χ1) is 46.3. The zero-order valence-corrected chi connectivity index (χ0v) is 55.3. The van der Waals surface area contributed by atoms with Crippen LogP contribution in [-0.4, -0.2) is 92.4 Å². The predicted molar refractivity (Wildman–Crippen MR) is 366 cm³/mol. The van der Waals surface area contributed by atoms with Gasteiger partial charge < -0.3 is 47.5 Å². The second-order valence-electron chi connectivity index (χ2n) is 25.5. The molecule has 0 unspecified atom stereocenters. The summed E-state index contributed by atoms with van der Waals surface area (Å²) in [6.45, 7) is 7.10. The maximum absolute atomic E-state index is 13.9. The summed E-state index contributed by atoms with van der Waals surface area (Å²) >= 11 is 0. The molecular weight excluding hydrogens is 1200 g/mol. The number of aryl methyl sites for hydroxylation is 4. The zero-order valence-electron chi connectivity index (χ0n) is 55.3. The number of nitrogens with one attached hydrogen (secondary N) is 3. The van der Waals surface area contributed by atoms with Gasteiger partial charge >= 0.3 is 0 Å². The van der Waals surface area contributed by atoms with Gasteiger partial charge in [-0.2, -0.15) is 0 Å². The van der Waals surface area contributed by atoms with Gasteiger partial charge in [-0.15, -0.1) is 10.2 Å². The zero-order chi connectivity index (χ0) is 66.0. The average molecular weight is 1280 g/mol. The lowest BCUT2D eigenvalue weighted by Crippen LogP contribution is -2.52. The molecule has 4 aliphatic rings. The maximum atomic E-state index is 13.9. The summed E-state index contributed by atoms with van der Waals surface area (Å²) in [6, 6.07) is 35.6. The second-order valence-corrected chi connectivity index (χ2v) is 25.5. The fourth-order valence-corrected chi connectivity index (χ4v) is 15.0. The van der Waals surface area contributed by atoms with Crippen molar-refractivity contribution in [2.24, 2.45) is 34.0 Å². The van der Waals surface area contributed by atoms with Crippen molar-refractivity contribution in [1.29, 1.82) is 0 Å². The molecule has 95 heavy (non-hydrogen) atoms. The highest BCUT2D eigenvalue weighted by Gasteiger charge is 2.46. The minimum absolute atomic E-state index is 0.0804. The third-order valence-electron chi connectivity index (χ3n) is 20.0. The molecule has 15 rings (SSSR count). The molecule has 21 nitrogen and oxygen atoms in total. The molecule has 7 aromatic heterocycles. The Balaban J connectivity index is 0.000000151. The lowest BCUT2D eigenvalue weighted by Gasteiger charge is -2.41. The number of aromatic nitrogens is 10. The lowest BCUT2D eigenvalue weighted by atomic mass is 9.75. The van der Waals surface area contributed by atoms with E-state index >= 15 is 0 Å². The molecule has 0 radical (unpaired) electrons. The third kappa shape index (κ3) is 12.3. The normalized spacial score (nSPS) is 16.0. The summed E-state index contributed by atoms with van der Waals surface area (Å²) in [7, 11) is 8.12. The van der Waals surface area contributed by atoms with E-state index in [0.717, 1.165) is 112 Å². The summed E-state index contributed by atoms with van der Waals surface area (Å²) in [4.78, 5) is 59.3. The Kier molecular flexibility index (Phi) is 18.6. The minimum atomic E-state index is -0.571. The molecule has 5 N–H and O–H groups in total. The fourth-order valence-electron chi connectivity index (χ4n) is 15.0. The first kappa shape index (κ1) is 64.3. The van der Waals surface area contributed by atoms with E-state index in [4.69, 9.17) is 44.4 Å². The van der Waals surface area contributed by atoms with Crippen LogP contribution in [0.15, 0.2) is 132 Å². The number of hydrogen-bond acceptors (Lipinski definition) is 14. The Morgan fingerprint density at radius 3 is 1.40 bits per heavy atom. The van der Waals surface area contributed by atoms with Gasteiger partial charge in [0.05, 0.1) is 55.9 Å². The van der Waals surface area contributed by atoms with Crippen LogP contribution < -0.4 is 21.9 Å². The van der Waals surface area contributed by atoms with E-state index in [1.807, 2.05) is 125 Å². The van der Waals surface area contributed by atoms with Crippen LogP contribution in [0.25, 0.3) is 78.1 Å². The Bertz CT molecular complexity index is 4560. The standard InChI is InChI=1S/C34H33N7O2.C33H35N7O2.C7H16O3/c1-40-27-18-22(11-13-24(27)29(21-8-3-4-9-21)30(40)26-10-5-6-17-35-26)31(42)38-34(15-7-16-34)33-37-25-14-12-23(19-28(25)41(33)2)32-39-36-20-43-32;1-39-26-18-21(11-13-23(26)28(20-8-3-4-9-20)29(39)25-10-5-6-17-35-25)30(41)37-33(15-7-16-33)32-36-24-14-12-22(31(42)38-34)19-27(24)40(32)2;1-4-8-7(9-5-2)10-6-3/h5-6,10-14,17-21H,3-4,7-9,15-16H2,1-2H3,(H,38,42);5-6,10-14,17-20H,3-4,7-9,15-16,34H2,1-2H3,(H,37,41)(H,38,42);7H,4-6H2,1-3H3. The van der Waals surface area contributed by atoms with Crippen molar-refractivity contribution in [3.05, 3.63) is 167 Å². The van der Waals surface area contributed by atoms with E-state index in [9.17, 15) is 14.4 Å². The summed E-state index contributed by atoms with van der Waals surface area (Å²) in [5.41, 5.74) is 16.2. The van der Waals surface area contributed by atoms with Crippen molar-refractivity contribution in [2.75, 3.05) is 19.8 Å².